The molecule has 0 fully saturated rings. The number of carbonyl (C=O) groups excluding carboxylic acids is 1. The minimum absolute atomic E-state index is 0.447. The van der Waals surface area contributed by atoms with Gasteiger partial charge in [0, 0.05) is 5.41 Å². The van der Waals surface area contributed by atoms with Gasteiger partial charge >= 0.3 is 0 Å². The molecule has 4 nitrogen and oxygen atoms in total. The lowest BCUT2D eigenvalue weighted by Crippen LogP contribution is -2.27. The van der Waals surface area contributed by atoms with E-state index in [-0.39, 0.29) is 0 Å². The summed E-state index contributed by atoms with van der Waals surface area (Å²) < 4.78 is 0. The first-order chi connectivity index (χ1) is 4.93. The molecule has 0 aliphatic carbocycles. The second-order valence-corrected chi connectivity index (χ2v) is 3.14. The third-order valence-electron chi connectivity index (χ3n) is 1.10. The van der Waals surface area contributed by atoms with E-state index in [0.29, 0.717) is 0 Å². The highest BCUT2D eigenvalue weighted by atomic mass is 16.4. The van der Waals surface area contributed by atoms with Gasteiger partial charge in [-0.15, -0.1) is 0 Å². The summed E-state index contributed by atoms with van der Waals surface area (Å²) in [5, 5.41) is 19.1. The Labute approximate surface area is 65.1 Å². The van der Waals surface area contributed by atoms with Crippen molar-refractivity contribution in [3.8, 4) is 6.07 Å². The molecule has 0 saturated carbocycles. The normalized spacial score (nSPS) is 12.4. The second kappa shape index (κ2) is 3.15. The van der Waals surface area contributed by atoms with Crippen LogP contribution in [0.2, 0.25) is 0 Å². The van der Waals surface area contributed by atoms with Crippen molar-refractivity contribution in [3.05, 3.63) is 0 Å². The fourth-order valence-corrected chi connectivity index (χ4v) is 0.474. The Bertz CT molecular complexity index is 230. The van der Waals surface area contributed by atoms with Crippen LogP contribution in [0.3, 0.4) is 0 Å². The first-order valence-electron chi connectivity index (χ1n) is 3.10. The Morgan fingerprint density at radius 3 is 2.09 bits per heavy atom. The standard InChI is InChI=1S/C7H10N2O2/c1-7(2,3)6(10)5(4-8)9-11/h11H,1-3H3/b9-5+. The van der Waals surface area contributed by atoms with Crippen LogP contribution < -0.4 is 0 Å². The zero-order chi connectivity index (χ0) is 9.07. The van der Waals surface area contributed by atoms with Gasteiger partial charge in [0.2, 0.25) is 11.5 Å². The molecule has 0 atom stereocenters. The molecule has 0 bridgehead atoms. The monoisotopic (exact) mass is 154 g/mol. The van der Waals surface area contributed by atoms with Crippen LogP contribution in [0.4, 0.5) is 0 Å². The number of hydrogen-bond donors (Lipinski definition) is 1. The number of Topliss-reactive ketones (excluding diaryl/α,β-unsaturated/α-hetero) is 1. The highest BCUT2D eigenvalue weighted by molar-refractivity contribution is 6.47. The van der Waals surface area contributed by atoms with Gasteiger partial charge in [0.15, 0.2) is 0 Å². The van der Waals surface area contributed by atoms with Crippen molar-refractivity contribution < 1.29 is 10.0 Å². The van der Waals surface area contributed by atoms with Crippen LogP contribution in [-0.2, 0) is 4.79 Å². The summed E-state index contributed by atoms with van der Waals surface area (Å²) in [5.74, 6) is -0.456. The van der Waals surface area contributed by atoms with Crippen LogP contribution in [0.1, 0.15) is 20.8 Å². The van der Waals surface area contributed by atoms with Gasteiger partial charge in [-0.3, -0.25) is 4.79 Å². The summed E-state index contributed by atoms with van der Waals surface area (Å²) in [4.78, 5) is 11.1. The van der Waals surface area contributed by atoms with E-state index in [1.807, 2.05) is 0 Å². The molecule has 0 rings (SSSR count). The van der Waals surface area contributed by atoms with Gasteiger partial charge < -0.3 is 5.21 Å². The van der Waals surface area contributed by atoms with E-state index in [0.717, 1.165) is 0 Å². The van der Waals surface area contributed by atoms with Crippen molar-refractivity contribution >= 4 is 11.5 Å². The Balaban J connectivity index is 4.67. The lowest BCUT2D eigenvalue weighted by molar-refractivity contribution is -0.119. The number of nitrogens with zero attached hydrogens (tertiary/aromatic N) is 2. The van der Waals surface area contributed by atoms with Gasteiger partial charge in [-0.25, -0.2) is 0 Å². The molecule has 0 heterocycles. The van der Waals surface area contributed by atoms with Gasteiger partial charge in [-0.05, 0) is 0 Å². The van der Waals surface area contributed by atoms with E-state index < -0.39 is 16.9 Å². The first-order valence-corrected chi connectivity index (χ1v) is 3.10. The third kappa shape index (κ3) is 2.38. The smallest absolute Gasteiger partial charge is 0.222 e. The SMILES string of the molecule is CC(C)(C)C(=O)/C(C#N)=N/O. The minimum Gasteiger partial charge on any atom is -0.410 e. The maximum absolute atomic E-state index is 11.1. The molecule has 0 aromatic carbocycles. The summed E-state index contributed by atoms with van der Waals surface area (Å²) in [5.41, 5.74) is -1.12. The van der Waals surface area contributed by atoms with Gasteiger partial charge in [0.25, 0.3) is 0 Å². The van der Waals surface area contributed by atoms with Crippen LogP contribution in [0.15, 0.2) is 5.16 Å². The van der Waals surface area contributed by atoms with Gasteiger partial charge in [0.1, 0.15) is 6.07 Å². The number of nitriles is 1. The zero-order valence-electron chi connectivity index (χ0n) is 6.75. The molecule has 0 aliphatic heterocycles. The van der Waals surface area contributed by atoms with E-state index in [4.69, 9.17) is 10.5 Å². The lowest BCUT2D eigenvalue weighted by atomic mass is 9.88. The Morgan fingerprint density at radius 1 is 1.55 bits per heavy atom. The fourth-order valence-electron chi connectivity index (χ4n) is 0.474. The molecular formula is C7H10N2O2. The van der Waals surface area contributed by atoms with E-state index in [1.54, 1.807) is 20.8 Å². The van der Waals surface area contributed by atoms with Gasteiger partial charge in [0.05, 0.1) is 0 Å². The lowest BCUT2D eigenvalue weighted by Gasteiger charge is -2.13. The van der Waals surface area contributed by atoms with E-state index in [1.165, 1.54) is 6.07 Å². The zero-order valence-corrected chi connectivity index (χ0v) is 6.75. The van der Waals surface area contributed by atoms with Crippen LogP contribution in [0.25, 0.3) is 0 Å². The fraction of sp³-hybridized carbons (Fsp3) is 0.571. The molecule has 0 spiro atoms. The Morgan fingerprint density at radius 2 is 2.00 bits per heavy atom. The largest absolute Gasteiger partial charge is 0.410 e. The van der Waals surface area contributed by atoms with Gasteiger partial charge in [-0.2, -0.15) is 5.26 Å². The maximum atomic E-state index is 11.1. The molecule has 0 saturated heterocycles. The molecule has 1 N–H and O–H groups in total. The molecular weight excluding hydrogens is 144 g/mol. The second-order valence-electron chi connectivity index (χ2n) is 3.14. The first kappa shape index (κ1) is 9.63. The summed E-state index contributed by atoms with van der Waals surface area (Å²) in [7, 11) is 0. The van der Waals surface area contributed by atoms with Crippen molar-refractivity contribution in [2.24, 2.45) is 10.6 Å². The topological polar surface area (TPSA) is 73.5 Å². The Hall–Kier alpha value is -1.37. The molecule has 0 unspecified atom stereocenters. The summed E-state index contributed by atoms with van der Waals surface area (Å²) in [6.45, 7) is 4.95. The average Bonchev–Trinajstić information content (AvgIpc) is 1.88. The van der Waals surface area contributed by atoms with Gasteiger partial charge in [-0.1, -0.05) is 25.9 Å². The highest BCUT2D eigenvalue weighted by Crippen LogP contribution is 2.14. The number of ketones is 1. The predicted octanol–water partition coefficient (Wildman–Crippen LogP) is 0.955. The summed E-state index contributed by atoms with van der Waals surface area (Å²) in [6.07, 6.45) is 0. The molecule has 0 aromatic rings. The Kier molecular flexibility index (Phi) is 2.76. The number of oxime groups is 1. The average molecular weight is 154 g/mol. The van der Waals surface area contributed by atoms with E-state index in [9.17, 15) is 4.79 Å². The summed E-state index contributed by atoms with van der Waals surface area (Å²) in [6, 6.07) is 1.51. The molecule has 0 amide bonds. The van der Waals surface area contributed by atoms with Crippen molar-refractivity contribution in [3.63, 3.8) is 0 Å². The third-order valence-corrected chi connectivity index (χ3v) is 1.10. The van der Waals surface area contributed by atoms with Crippen molar-refractivity contribution in [2.75, 3.05) is 0 Å². The quantitative estimate of drug-likeness (QED) is 0.347. The van der Waals surface area contributed by atoms with Crippen molar-refractivity contribution in [2.45, 2.75) is 20.8 Å². The van der Waals surface area contributed by atoms with Crippen molar-refractivity contribution in [1.29, 1.82) is 5.26 Å². The van der Waals surface area contributed by atoms with Crippen LogP contribution in [-0.4, -0.2) is 16.7 Å². The van der Waals surface area contributed by atoms with Crippen LogP contribution in [0, 0.1) is 16.7 Å². The van der Waals surface area contributed by atoms with Crippen LogP contribution >= 0.6 is 0 Å². The van der Waals surface area contributed by atoms with E-state index >= 15 is 0 Å². The molecule has 0 aliphatic rings. The number of rotatable bonds is 1. The molecule has 0 radical (unpaired) electrons. The predicted molar refractivity (Wildman–Crippen MR) is 39.3 cm³/mol. The molecule has 60 valence electrons. The maximum Gasteiger partial charge on any atom is 0.222 e. The minimum atomic E-state index is -0.669. The van der Waals surface area contributed by atoms with E-state index in [2.05, 4.69) is 5.16 Å². The highest BCUT2D eigenvalue weighted by Gasteiger charge is 2.26. The number of hydrogen-bond acceptors (Lipinski definition) is 4. The number of carbonyl (C=O) groups is 1. The summed E-state index contributed by atoms with van der Waals surface area (Å²) >= 11 is 0. The molecule has 4 heteroatoms. The van der Waals surface area contributed by atoms with Crippen LogP contribution in [0.5, 0.6) is 0 Å². The molecule has 11 heavy (non-hydrogen) atoms. The molecule has 0 aromatic heterocycles. The van der Waals surface area contributed by atoms with Crippen molar-refractivity contribution in [1.82, 2.24) is 0 Å².